The normalized spacial score (nSPS) is 16.7. The number of benzene rings is 3. The largest absolute Gasteiger partial charge is 0.490 e. The summed E-state index contributed by atoms with van der Waals surface area (Å²) in [4.78, 5) is 35.6. The first-order valence-electron chi connectivity index (χ1n) is 19.1. The Balaban J connectivity index is 0.906. The van der Waals surface area contributed by atoms with Crippen molar-refractivity contribution in [3.8, 4) is 5.75 Å². The Bertz CT molecular complexity index is 1600. The first-order chi connectivity index (χ1) is 25.0. The second-order valence-electron chi connectivity index (χ2n) is 14.4. The third-order valence-corrected chi connectivity index (χ3v) is 10.7. The van der Waals surface area contributed by atoms with Crippen LogP contribution in [0.5, 0.6) is 5.75 Å². The van der Waals surface area contributed by atoms with Crippen molar-refractivity contribution < 1.29 is 19.4 Å². The Morgan fingerprint density at radius 2 is 1.39 bits per heavy atom. The fourth-order valence-corrected chi connectivity index (χ4v) is 7.72. The maximum atomic E-state index is 13.5. The molecular formula is C43H54N4O4. The van der Waals surface area contributed by atoms with Crippen molar-refractivity contribution in [2.75, 3.05) is 39.3 Å². The highest BCUT2D eigenvalue weighted by atomic mass is 16.5. The number of fused-ring (bicyclic) bond motifs is 1. The van der Waals surface area contributed by atoms with Crippen molar-refractivity contribution in [3.05, 3.63) is 108 Å². The summed E-state index contributed by atoms with van der Waals surface area (Å²) in [5, 5.41) is 15.1. The molecular weight excluding hydrogens is 636 g/mol. The maximum absolute atomic E-state index is 13.5. The zero-order valence-corrected chi connectivity index (χ0v) is 29.9. The Morgan fingerprint density at radius 3 is 2.04 bits per heavy atom. The number of pyridine rings is 1. The molecule has 8 heteroatoms. The number of aryl methyl sites for hydroxylation is 2. The number of amides is 2. The van der Waals surface area contributed by atoms with E-state index in [-0.39, 0.29) is 36.3 Å². The van der Waals surface area contributed by atoms with Gasteiger partial charge >= 0.3 is 0 Å². The molecule has 0 saturated carbocycles. The molecule has 3 heterocycles. The summed E-state index contributed by atoms with van der Waals surface area (Å²) in [6.45, 7) is 3.56. The highest BCUT2D eigenvalue weighted by molar-refractivity contribution is 5.84. The molecule has 0 spiro atoms. The van der Waals surface area contributed by atoms with Crippen molar-refractivity contribution in [2.24, 2.45) is 11.8 Å². The number of carbonyl (C=O) groups is 2. The van der Waals surface area contributed by atoms with E-state index in [0.717, 1.165) is 94.0 Å². The minimum absolute atomic E-state index is 0.00168. The molecule has 0 bridgehead atoms. The molecule has 0 radical (unpaired) electrons. The second kappa shape index (κ2) is 18.8. The van der Waals surface area contributed by atoms with Crippen molar-refractivity contribution >= 4 is 22.7 Å². The van der Waals surface area contributed by atoms with Crippen LogP contribution in [0.2, 0.25) is 0 Å². The molecule has 2 saturated heterocycles. The lowest BCUT2D eigenvalue weighted by atomic mass is 9.91. The molecule has 8 nitrogen and oxygen atoms in total. The molecule has 51 heavy (non-hydrogen) atoms. The Kier molecular flexibility index (Phi) is 13.5. The van der Waals surface area contributed by atoms with E-state index in [0.29, 0.717) is 19.6 Å². The van der Waals surface area contributed by atoms with Crippen molar-refractivity contribution in [3.63, 3.8) is 0 Å². The quantitative estimate of drug-likeness (QED) is 0.140. The predicted molar refractivity (Wildman–Crippen MR) is 202 cm³/mol. The van der Waals surface area contributed by atoms with Crippen molar-refractivity contribution in [2.45, 2.75) is 76.4 Å². The average Bonchev–Trinajstić information content (AvgIpc) is 3.18. The van der Waals surface area contributed by atoms with Gasteiger partial charge < -0.3 is 25.0 Å². The lowest BCUT2D eigenvalue weighted by Crippen LogP contribution is -2.49. The summed E-state index contributed by atoms with van der Waals surface area (Å²) < 4.78 is 5.97. The van der Waals surface area contributed by atoms with E-state index >= 15 is 0 Å². The van der Waals surface area contributed by atoms with Crippen molar-refractivity contribution in [1.29, 1.82) is 0 Å². The van der Waals surface area contributed by atoms with Crippen LogP contribution in [0.15, 0.2) is 97.2 Å². The molecule has 2 aliphatic rings. The summed E-state index contributed by atoms with van der Waals surface area (Å²) in [5.74, 6) is 1.06. The van der Waals surface area contributed by atoms with Crippen LogP contribution in [0, 0.1) is 11.8 Å². The van der Waals surface area contributed by atoms with Gasteiger partial charge in [-0.1, -0.05) is 66.7 Å². The number of carbonyl (C=O) groups excluding carboxylic acids is 2. The lowest BCUT2D eigenvalue weighted by molar-refractivity contribution is -0.140. The molecule has 3 aromatic carbocycles. The fraction of sp³-hybridized carbons (Fsp3) is 0.465. The van der Waals surface area contributed by atoms with Crippen LogP contribution in [-0.2, 0) is 22.4 Å². The number of aliphatic hydroxyl groups excluding tert-OH is 1. The molecule has 2 N–H and O–H groups in total. The van der Waals surface area contributed by atoms with E-state index in [1.807, 2.05) is 35.2 Å². The number of nitrogens with zero attached hydrogens (tertiary/aromatic N) is 3. The number of piperidine rings is 2. The molecule has 1 aromatic heterocycles. The molecule has 270 valence electrons. The molecule has 1 atom stereocenters. The minimum atomic E-state index is -0.623. The van der Waals surface area contributed by atoms with E-state index < -0.39 is 6.10 Å². The summed E-state index contributed by atoms with van der Waals surface area (Å²) in [6.07, 6.45) is 10.2. The van der Waals surface area contributed by atoms with Crippen LogP contribution >= 0.6 is 0 Å². The summed E-state index contributed by atoms with van der Waals surface area (Å²) >= 11 is 0. The molecule has 6 rings (SSSR count). The second-order valence-corrected chi connectivity index (χ2v) is 14.4. The summed E-state index contributed by atoms with van der Waals surface area (Å²) in [5.41, 5.74) is 3.55. The van der Waals surface area contributed by atoms with Gasteiger partial charge in [0.1, 0.15) is 18.5 Å². The summed E-state index contributed by atoms with van der Waals surface area (Å²) in [7, 11) is 0. The van der Waals surface area contributed by atoms with Crippen LogP contribution < -0.4 is 10.1 Å². The third-order valence-electron chi connectivity index (χ3n) is 10.7. The van der Waals surface area contributed by atoms with Gasteiger partial charge in [0.05, 0.1) is 5.52 Å². The van der Waals surface area contributed by atoms with Gasteiger partial charge in [-0.2, -0.15) is 0 Å². The van der Waals surface area contributed by atoms with Crippen molar-refractivity contribution in [1.82, 2.24) is 20.1 Å². The van der Waals surface area contributed by atoms with Gasteiger partial charge in [-0.05, 0) is 113 Å². The number of nitrogens with one attached hydrogen (secondary N) is 1. The third kappa shape index (κ3) is 10.9. The fourth-order valence-electron chi connectivity index (χ4n) is 7.72. The highest BCUT2D eigenvalue weighted by Gasteiger charge is 2.33. The van der Waals surface area contributed by atoms with Gasteiger partial charge in [0.15, 0.2) is 0 Å². The van der Waals surface area contributed by atoms with Gasteiger partial charge in [-0.15, -0.1) is 0 Å². The lowest BCUT2D eigenvalue weighted by Gasteiger charge is -2.37. The number of ether oxygens (including phenoxy) is 1. The highest BCUT2D eigenvalue weighted by Crippen LogP contribution is 2.26. The van der Waals surface area contributed by atoms with E-state index in [1.54, 1.807) is 6.20 Å². The van der Waals surface area contributed by atoms with Crippen LogP contribution in [0.25, 0.3) is 10.9 Å². The number of likely N-dealkylation sites (tertiary alicyclic amines) is 2. The van der Waals surface area contributed by atoms with Gasteiger partial charge in [-0.25, -0.2) is 0 Å². The number of aromatic nitrogens is 1. The Labute approximate surface area is 303 Å². The van der Waals surface area contributed by atoms with E-state index in [4.69, 9.17) is 4.74 Å². The molecule has 1 unspecified atom stereocenters. The zero-order chi connectivity index (χ0) is 35.3. The topological polar surface area (TPSA) is 95.0 Å². The summed E-state index contributed by atoms with van der Waals surface area (Å²) in [6, 6.07) is 30.9. The van der Waals surface area contributed by atoms with Crippen LogP contribution in [0.3, 0.4) is 0 Å². The molecule has 2 fully saturated rings. The minimum Gasteiger partial charge on any atom is -0.490 e. The van der Waals surface area contributed by atoms with Crippen LogP contribution in [-0.4, -0.2) is 83.2 Å². The molecule has 0 aliphatic carbocycles. The number of rotatable bonds is 16. The van der Waals surface area contributed by atoms with E-state index in [9.17, 15) is 14.7 Å². The predicted octanol–water partition coefficient (Wildman–Crippen LogP) is 6.46. The molecule has 4 aromatic rings. The number of β-amino-alcohol motifs (C(OH)–C–C–N with tert-alkyl or cyclic N) is 1. The first kappa shape index (κ1) is 36.5. The Morgan fingerprint density at radius 1 is 0.765 bits per heavy atom. The van der Waals surface area contributed by atoms with Crippen LogP contribution in [0.1, 0.15) is 62.5 Å². The smallest absolute Gasteiger partial charge is 0.225 e. The number of hydrogen-bond donors (Lipinski definition) is 2. The van der Waals surface area contributed by atoms with Gasteiger partial charge in [0.25, 0.3) is 0 Å². The number of hydrogen-bond acceptors (Lipinski definition) is 6. The maximum Gasteiger partial charge on any atom is 0.225 e. The van der Waals surface area contributed by atoms with Gasteiger partial charge in [0, 0.05) is 49.1 Å². The van der Waals surface area contributed by atoms with E-state index in [1.165, 1.54) is 11.1 Å². The average molecular weight is 691 g/mol. The van der Waals surface area contributed by atoms with Gasteiger partial charge in [0.2, 0.25) is 11.8 Å². The zero-order valence-electron chi connectivity index (χ0n) is 29.9. The number of aliphatic hydroxyl groups is 1. The molecule has 2 aliphatic heterocycles. The monoisotopic (exact) mass is 690 g/mol. The SMILES string of the molecule is O=C(NC(CCCc1ccccc1)CCCc1ccccc1)C1CCN(C(=O)C2CCN(CC(O)COc3cccc4ncccc34)CC2)CC1. The van der Waals surface area contributed by atoms with E-state index in [2.05, 4.69) is 75.9 Å². The first-order valence-corrected chi connectivity index (χ1v) is 19.1. The Hall–Kier alpha value is -4.27. The van der Waals surface area contributed by atoms with Gasteiger partial charge in [-0.3, -0.25) is 14.6 Å². The standard InChI is InChI=1S/C43H54N4O4/c48-38(32-51-41-21-9-20-40-39(41)19-10-26-44-40)31-46-27-22-36(23-28-46)43(50)47-29-24-35(25-30-47)42(49)45-37(17-7-15-33-11-3-1-4-12-33)18-8-16-34-13-5-2-6-14-34/h1-6,9-14,19-21,26,35-38,48H,7-8,15-18,22-25,27-32H2,(H,45,49). The molecule has 2 amide bonds. The van der Waals surface area contributed by atoms with Crippen LogP contribution in [0.4, 0.5) is 0 Å².